The van der Waals surface area contributed by atoms with Gasteiger partial charge in [-0.05, 0) is 61.2 Å². The molecule has 1 fully saturated rings. The summed E-state index contributed by atoms with van der Waals surface area (Å²) in [4.78, 5) is 14.4. The number of aryl methyl sites for hydroxylation is 1. The van der Waals surface area contributed by atoms with Crippen LogP contribution in [0.2, 0.25) is 0 Å². The standard InChI is InChI=1S/C19H20FNO3/c1-12-8-14(10-17(22)9-12)19(24)21(16-6-7-16)11-18(23)13-2-4-15(20)5-3-13/h2-5,8-10,16,18,22-23H,6-7,11H2,1H3. The number of phenols is 1. The maximum Gasteiger partial charge on any atom is 0.254 e. The summed E-state index contributed by atoms with van der Waals surface area (Å²) in [6.07, 6.45) is 0.924. The fraction of sp³-hybridized carbons (Fsp3) is 0.316. The van der Waals surface area contributed by atoms with Crippen LogP contribution in [0.4, 0.5) is 4.39 Å². The highest BCUT2D eigenvalue weighted by atomic mass is 19.1. The summed E-state index contributed by atoms with van der Waals surface area (Å²) < 4.78 is 13.0. The minimum atomic E-state index is -0.881. The summed E-state index contributed by atoms with van der Waals surface area (Å²) in [7, 11) is 0. The average molecular weight is 329 g/mol. The number of hydrogen-bond donors (Lipinski definition) is 2. The van der Waals surface area contributed by atoms with E-state index in [-0.39, 0.29) is 30.1 Å². The van der Waals surface area contributed by atoms with E-state index in [0.717, 1.165) is 18.4 Å². The van der Waals surface area contributed by atoms with Crippen molar-refractivity contribution < 1.29 is 19.4 Å². The Morgan fingerprint density at radius 2 is 1.92 bits per heavy atom. The first-order valence-corrected chi connectivity index (χ1v) is 7.99. The Labute approximate surface area is 140 Å². The van der Waals surface area contributed by atoms with Gasteiger partial charge >= 0.3 is 0 Å². The van der Waals surface area contributed by atoms with E-state index in [4.69, 9.17) is 0 Å². The number of rotatable bonds is 5. The molecule has 1 amide bonds. The fourth-order valence-electron chi connectivity index (χ4n) is 2.81. The summed E-state index contributed by atoms with van der Waals surface area (Å²) >= 11 is 0. The highest BCUT2D eigenvalue weighted by Gasteiger charge is 2.34. The summed E-state index contributed by atoms with van der Waals surface area (Å²) in [6, 6.07) is 10.5. The van der Waals surface area contributed by atoms with Crippen molar-refractivity contribution in [2.75, 3.05) is 6.54 Å². The van der Waals surface area contributed by atoms with Gasteiger partial charge in [0.2, 0.25) is 0 Å². The van der Waals surface area contributed by atoms with Gasteiger partial charge in [-0.3, -0.25) is 4.79 Å². The Balaban J connectivity index is 1.79. The molecule has 24 heavy (non-hydrogen) atoms. The SMILES string of the molecule is Cc1cc(O)cc(C(=O)N(CC(O)c2ccc(F)cc2)C2CC2)c1. The number of benzene rings is 2. The number of amides is 1. The third-order valence-corrected chi connectivity index (χ3v) is 4.18. The van der Waals surface area contributed by atoms with Crippen LogP contribution in [0.15, 0.2) is 42.5 Å². The van der Waals surface area contributed by atoms with E-state index >= 15 is 0 Å². The fourth-order valence-corrected chi connectivity index (χ4v) is 2.81. The first-order chi connectivity index (χ1) is 11.4. The second kappa shape index (κ2) is 6.61. The lowest BCUT2D eigenvalue weighted by molar-refractivity contribution is 0.0602. The molecule has 0 radical (unpaired) electrons. The van der Waals surface area contributed by atoms with Gasteiger partial charge in [-0.1, -0.05) is 12.1 Å². The van der Waals surface area contributed by atoms with E-state index < -0.39 is 6.10 Å². The summed E-state index contributed by atoms with van der Waals surface area (Å²) in [5.41, 5.74) is 1.78. The topological polar surface area (TPSA) is 60.8 Å². The number of hydrogen-bond acceptors (Lipinski definition) is 3. The Kier molecular flexibility index (Phi) is 4.53. The van der Waals surface area contributed by atoms with Crippen LogP contribution in [0, 0.1) is 12.7 Å². The van der Waals surface area contributed by atoms with Crippen molar-refractivity contribution in [3.05, 3.63) is 65.0 Å². The smallest absolute Gasteiger partial charge is 0.254 e. The number of aliphatic hydroxyl groups excluding tert-OH is 1. The molecule has 126 valence electrons. The Hall–Kier alpha value is -2.40. The van der Waals surface area contributed by atoms with Gasteiger partial charge in [0.1, 0.15) is 11.6 Å². The van der Waals surface area contributed by atoms with Crippen LogP contribution in [-0.4, -0.2) is 33.6 Å². The molecule has 2 N–H and O–H groups in total. The normalized spacial score (nSPS) is 15.1. The molecule has 5 heteroatoms. The molecule has 0 aliphatic heterocycles. The van der Waals surface area contributed by atoms with Gasteiger partial charge in [-0.2, -0.15) is 0 Å². The van der Waals surface area contributed by atoms with Crippen molar-refractivity contribution in [3.8, 4) is 5.75 Å². The van der Waals surface area contributed by atoms with E-state index in [0.29, 0.717) is 11.1 Å². The number of carbonyl (C=O) groups is 1. The lowest BCUT2D eigenvalue weighted by Crippen LogP contribution is -2.36. The zero-order chi connectivity index (χ0) is 17.3. The van der Waals surface area contributed by atoms with Crippen molar-refractivity contribution >= 4 is 5.91 Å². The third kappa shape index (κ3) is 3.74. The van der Waals surface area contributed by atoms with Crippen LogP contribution in [0.3, 0.4) is 0 Å². The van der Waals surface area contributed by atoms with E-state index in [2.05, 4.69) is 0 Å². The Morgan fingerprint density at radius 1 is 1.25 bits per heavy atom. The van der Waals surface area contributed by atoms with E-state index in [9.17, 15) is 19.4 Å². The molecule has 2 aromatic rings. The van der Waals surface area contributed by atoms with Gasteiger partial charge in [0.05, 0.1) is 12.6 Å². The molecule has 1 aliphatic carbocycles. The minimum Gasteiger partial charge on any atom is -0.508 e. The van der Waals surface area contributed by atoms with Crippen molar-refractivity contribution in [3.63, 3.8) is 0 Å². The Morgan fingerprint density at radius 3 is 2.50 bits per heavy atom. The zero-order valence-corrected chi connectivity index (χ0v) is 13.4. The summed E-state index contributed by atoms with van der Waals surface area (Å²) in [5.74, 6) is -0.526. The van der Waals surface area contributed by atoms with Crippen LogP contribution >= 0.6 is 0 Å². The van der Waals surface area contributed by atoms with Crippen molar-refractivity contribution in [2.24, 2.45) is 0 Å². The molecule has 0 heterocycles. The van der Waals surface area contributed by atoms with Crippen LogP contribution in [0.1, 0.15) is 40.4 Å². The molecule has 1 saturated carbocycles. The molecule has 1 aliphatic rings. The number of aliphatic hydroxyl groups is 1. The quantitative estimate of drug-likeness (QED) is 0.886. The second-order valence-corrected chi connectivity index (χ2v) is 6.31. The molecule has 0 spiro atoms. The number of halogens is 1. The lowest BCUT2D eigenvalue weighted by atomic mass is 10.1. The molecule has 4 nitrogen and oxygen atoms in total. The largest absolute Gasteiger partial charge is 0.508 e. The minimum absolute atomic E-state index is 0.0492. The monoisotopic (exact) mass is 329 g/mol. The number of aromatic hydroxyl groups is 1. The molecule has 0 saturated heterocycles. The van der Waals surface area contributed by atoms with Crippen LogP contribution in [-0.2, 0) is 0 Å². The van der Waals surface area contributed by atoms with Gasteiger partial charge in [0, 0.05) is 11.6 Å². The predicted molar refractivity (Wildman–Crippen MR) is 88.3 cm³/mol. The number of phenolic OH excluding ortho intramolecular Hbond substituents is 1. The van der Waals surface area contributed by atoms with E-state index in [1.807, 2.05) is 6.92 Å². The van der Waals surface area contributed by atoms with Gasteiger partial charge in [-0.15, -0.1) is 0 Å². The van der Waals surface area contributed by atoms with Gasteiger partial charge < -0.3 is 15.1 Å². The molecule has 3 rings (SSSR count). The van der Waals surface area contributed by atoms with E-state index in [1.54, 1.807) is 17.0 Å². The number of nitrogens with zero attached hydrogens (tertiary/aromatic N) is 1. The first-order valence-electron chi connectivity index (χ1n) is 7.99. The average Bonchev–Trinajstić information content (AvgIpc) is 3.36. The molecule has 1 unspecified atom stereocenters. The van der Waals surface area contributed by atoms with Crippen molar-refractivity contribution in [1.29, 1.82) is 0 Å². The molecular formula is C19H20FNO3. The second-order valence-electron chi connectivity index (χ2n) is 6.31. The molecule has 1 atom stereocenters. The molecule has 0 bridgehead atoms. The summed E-state index contributed by atoms with van der Waals surface area (Å²) in [6.45, 7) is 1.95. The van der Waals surface area contributed by atoms with Gasteiger partial charge in [0.25, 0.3) is 5.91 Å². The molecule has 2 aromatic carbocycles. The van der Waals surface area contributed by atoms with E-state index in [1.165, 1.54) is 30.3 Å². The zero-order valence-electron chi connectivity index (χ0n) is 13.4. The van der Waals surface area contributed by atoms with Crippen LogP contribution in [0.25, 0.3) is 0 Å². The molecular weight excluding hydrogens is 309 g/mol. The maximum atomic E-state index is 13.0. The first kappa shape index (κ1) is 16.5. The highest BCUT2D eigenvalue weighted by molar-refractivity contribution is 5.95. The molecule has 0 aromatic heterocycles. The van der Waals surface area contributed by atoms with Crippen LogP contribution < -0.4 is 0 Å². The highest BCUT2D eigenvalue weighted by Crippen LogP contribution is 2.31. The lowest BCUT2D eigenvalue weighted by Gasteiger charge is -2.26. The van der Waals surface area contributed by atoms with Crippen LogP contribution in [0.5, 0.6) is 5.75 Å². The van der Waals surface area contributed by atoms with Gasteiger partial charge in [-0.25, -0.2) is 4.39 Å². The predicted octanol–water partition coefficient (Wildman–Crippen LogP) is 3.18. The maximum absolute atomic E-state index is 13.0. The third-order valence-electron chi connectivity index (χ3n) is 4.18. The summed E-state index contributed by atoms with van der Waals surface area (Å²) in [5, 5.41) is 20.1. The van der Waals surface area contributed by atoms with Gasteiger partial charge in [0.15, 0.2) is 0 Å². The van der Waals surface area contributed by atoms with Crippen molar-refractivity contribution in [2.45, 2.75) is 31.9 Å². The Bertz CT molecular complexity index is 721. The number of carbonyl (C=O) groups excluding carboxylic acids is 1. The van der Waals surface area contributed by atoms with Crippen molar-refractivity contribution in [1.82, 2.24) is 4.90 Å².